The maximum Gasteiger partial charge on any atom is 0.386 e. The van der Waals surface area contributed by atoms with Crippen molar-refractivity contribution >= 4 is 5.97 Å². The SMILES string of the molecule is Cc1ccc(C)c(C([O])=O)c1. The van der Waals surface area contributed by atoms with Gasteiger partial charge in [0.05, 0.1) is 5.56 Å². The average molecular weight is 149 g/mol. The summed E-state index contributed by atoms with van der Waals surface area (Å²) in [5.74, 6) is -1.11. The second kappa shape index (κ2) is 2.74. The molecule has 1 aromatic rings. The molecule has 0 heterocycles. The molecule has 0 bridgehead atoms. The van der Waals surface area contributed by atoms with E-state index in [2.05, 4.69) is 0 Å². The van der Waals surface area contributed by atoms with Gasteiger partial charge in [0.1, 0.15) is 0 Å². The molecular weight excluding hydrogens is 140 g/mol. The third-order valence-corrected chi connectivity index (χ3v) is 1.61. The van der Waals surface area contributed by atoms with Crippen LogP contribution in [0.3, 0.4) is 0 Å². The summed E-state index contributed by atoms with van der Waals surface area (Å²) in [5.41, 5.74) is 1.97. The second-order valence-electron chi connectivity index (χ2n) is 2.61. The van der Waals surface area contributed by atoms with Crippen LogP contribution in [-0.2, 0) is 5.11 Å². The molecule has 0 aliphatic heterocycles. The molecule has 0 N–H and O–H groups in total. The molecule has 0 amide bonds. The standard InChI is InChI=1S/C9H9O2/c1-6-3-4-7(2)8(5-6)9(10)11/h3-5H,1-2H3. The first-order chi connectivity index (χ1) is 5.11. The Morgan fingerprint density at radius 1 is 1.27 bits per heavy atom. The molecule has 0 spiro atoms. The summed E-state index contributed by atoms with van der Waals surface area (Å²) >= 11 is 0. The number of carbonyl (C=O) groups is 1. The number of carbonyl (C=O) groups excluding carboxylic acids is 1. The number of hydrogen-bond donors (Lipinski definition) is 0. The fraction of sp³-hybridized carbons (Fsp3) is 0.222. The Morgan fingerprint density at radius 3 is 2.36 bits per heavy atom. The molecule has 0 fully saturated rings. The highest BCUT2D eigenvalue weighted by molar-refractivity contribution is 5.89. The largest absolute Gasteiger partial charge is 0.386 e. The first-order valence-corrected chi connectivity index (χ1v) is 3.40. The van der Waals surface area contributed by atoms with Crippen LogP contribution in [0.25, 0.3) is 0 Å². The summed E-state index contributed by atoms with van der Waals surface area (Å²) in [7, 11) is 0. The van der Waals surface area contributed by atoms with Gasteiger partial charge in [0.25, 0.3) is 0 Å². The van der Waals surface area contributed by atoms with Gasteiger partial charge in [0.2, 0.25) is 0 Å². The zero-order valence-corrected chi connectivity index (χ0v) is 6.55. The summed E-state index contributed by atoms with van der Waals surface area (Å²) < 4.78 is 0. The molecule has 2 heteroatoms. The maximum atomic E-state index is 10.5. The lowest BCUT2D eigenvalue weighted by Gasteiger charge is -1.98. The Kier molecular flexibility index (Phi) is 1.94. The molecule has 0 atom stereocenters. The lowest BCUT2D eigenvalue weighted by Crippen LogP contribution is -1.97. The minimum absolute atomic E-state index is 0.282. The van der Waals surface area contributed by atoms with Crippen molar-refractivity contribution in [3.8, 4) is 0 Å². The van der Waals surface area contributed by atoms with E-state index in [9.17, 15) is 9.90 Å². The number of hydrogen-bond acceptors (Lipinski definition) is 1. The van der Waals surface area contributed by atoms with Crippen LogP contribution in [0.15, 0.2) is 18.2 Å². The van der Waals surface area contributed by atoms with E-state index in [1.54, 1.807) is 19.1 Å². The fourth-order valence-corrected chi connectivity index (χ4v) is 0.956. The highest BCUT2D eigenvalue weighted by Crippen LogP contribution is 2.09. The van der Waals surface area contributed by atoms with Gasteiger partial charge in [-0.25, -0.2) is 9.90 Å². The van der Waals surface area contributed by atoms with E-state index >= 15 is 0 Å². The van der Waals surface area contributed by atoms with Crippen molar-refractivity contribution in [1.82, 2.24) is 0 Å². The van der Waals surface area contributed by atoms with Gasteiger partial charge in [-0.1, -0.05) is 17.7 Å². The van der Waals surface area contributed by atoms with Crippen molar-refractivity contribution < 1.29 is 9.90 Å². The molecule has 57 valence electrons. The lowest BCUT2D eigenvalue weighted by atomic mass is 10.1. The summed E-state index contributed by atoms with van der Waals surface area (Å²) in [4.78, 5) is 10.5. The van der Waals surface area contributed by atoms with Crippen LogP contribution >= 0.6 is 0 Å². The van der Waals surface area contributed by atoms with Crippen LogP contribution in [0.1, 0.15) is 21.5 Å². The first kappa shape index (κ1) is 7.79. The minimum atomic E-state index is -1.11. The summed E-state index contributed by atoms with van der Waals surface area (Å²) in [6, 6.07) is 5.27. The van der Waals surface area contributed by atoms with Crippen LogP contribution in [0, 0.1) is 13.8 Å². The van der Waals surface area contributed by atoms with E-state index in [0.29, 0.717) is 0 Å². The third kappa shape index (κ3) is 1.58. The van der Waals surface area contributed by atoms with Gasteiger partial charge in [-0.15, -0.1) is 0 Å². The van der Waals surface area contributed by atoms with Gasteiger partial charge in [-0.05, 0) is 25.5 Å². The van der Waals surface area contributed by atoms with E-state index in [-0.39, 0.29) is 5.56 Å². The highest BCUT2D eigenvalue weighted by Gasteiger charge is 2.07. The van der Waals surface area contributed by atoms with Crippen LogP contribution < -0.4 is 0 Å². The molecule has 1 radical (unpaired) electrons. The highest BCUT2D eigenvalue weighted by atomic mass is 16.4. The van der Waals surface area contributed by atoms with Crippen molar-refractivity contribution in [3.05, 3.63) is 34.9 Å². The molecule has 0 saturated carbocycles. The topological polar surface area (TPSA) is 37.0 Å². The number of aryl methyl sites for hydroxylation is 2. The van der Waals surface area contributed by atoms with E-state index in [0.717, 1.165) is 11.1 Å². The van der Waals surface area contributed by atoms with Gasteiger partial charge in [-0.3, -0.25) is 0 Å². The minimum Gasteiger partial charge on any atom is -0.241 e. The Labute approximate surface area is 65.5 Å². The van der Waals surface area contributed by atoms with Gasteiger partial charge in [-0.2, -0.15) is 0 Å². The van der Waals surface area contributed by atoms with E-state index in [4.69, 9.17) is 0 Å². The summed E-state index contributed by atoms with van der Waals surface area (Å²) in [6.45, 7) is 3.61. The Bertz CT molecular complexity index is 290. The smallest absolute Gasteiger partial charge is 0.241 e. The lowest BCUT2D eigenvalue weighted by molar-refractivity contribution is 0.0572. The molecular formula is C9H9O2. The van der Waals surface area contributed by atoms with Crippen molar-refractivity contribution in [2.75, 3.05) is 0 Å². The quantitative estimate of drug-likeness (QED) is 0.600. The van der Waals surface area contributed by atoms with Gasteiger partial charge in [0, 0.05) is 0 Å². The molecule has 0 aromatic heterocycles. The molecule has 0 saturated heterocycles. The third-order valence-electron chi connectivity index (χ3n) is 1.61. The van der Waals surface area contributed by atoms with Gasteiger partial charge in [0.15, 0.2) is 0 Å². The normalized spacial score (nSPS) is 9.64. The van der Waals surface area contributed by atoms with Gasteiger partial charge >= 0.3 is 5.97 Å². The Morgan fingerprint density at radius 2 is 1.91 bits per heavy atom. The average Bonchev–Trinajstić information content (AvgIpc) is 1.94. The first-order valence-electron chi connectivity index (χ1n) is 3.40. The summed E-state index contributed by atoms with van der Waals surface area (Å²) in [5, 5.41) is 10.5. The second-order valence-corrected chi connectivity index (χ2v) is 2.61. The maximum absolute atomic E-state index is 10.5. The van der Waals surface area contributed by atoms with Crippen molar-refractivity contribution in [3.63, 3.8) is 0 Å². The predicted molar refractivity (Wildman–Crippen MR) is 40.9 cm³/mol. The van der Waals surface area contributed by atoms with Crippen molar-refractivity contribution in [2.45, 2.75) is 13.8 Å². The van der Waals surface area contributed by atoms with Crippen LogP contribution in [0.2, 0.25) is 0 Å². The van der Waals surface area contributed by atoms with E-state index < -0.39 is 5.97 Å². The number of benzene rings is 1. The molecule has 0 aliphatic rings. The van der Waals surface area contributed by atoms with Crippen LogP contribution in [0.4, 0.5) is 0 Å². The van der Waals surface area contributed by atoms with Crippen molar-refractivity contribution in [2.24, 2.45) is 0 Å². The molecule has 2 nitrogen and oxygen atoms in total. The number of rotatable bonds is 1. The molecule has 1 aromatic carbocycles. The van der Waals surface area contributed by atoms with Crippen LogP contribution in [-0.4, -0.2) is 5.97 Å². The zero-order chi connectivity index (χ0) is 8.43. The van der Waals surface area contributed by atoms with E-state index in [1.165, 1.54) is 0 Å². The zero-order valence-electron chi connectivity index (χ0n) is 6.55. The molecule has 11 heavy (non-hydrogen) atoms. The summed E-state index contributed by atoms with van der Waals surface area (Å²) in [6.07, 6.45) is 0. The Balaban J connectivity index is 3.23. The predicted octanol–water partition coefficient (Wildman–Crippen LogP) is 1.87. The monoisotopic (exact) mass is 149 g/mol. The Hall–Kier alpha value is -1.31. The van der Waals surface area contributed by atoms with Crippen LogP contribution in [0.5, 0.6) is 0 Å². The molecule has 0 aliphatic carbocycles. The fourth-order valence-electron chi connectivity index (χ4n) is 0.956. The van der Waals surface area contributed by atoms with Gasteiger partial charge < -0.3 is 0 Å². The molecule has 0 unspecified atom stereocenters. The van der Waals surface area contributed by atoms with Crippen molar-refractivity contribution in [1.29, 1.82) is 0 Å². The van der Waals surface area contributed by atoms with E-state index in [1.807, 2.05) is 13.0 Å². The molecule has 1 rings (SSSR count).